The summed E-state index contributed by atoms with van der Waals surface area (Å²) in [6.07, 6.45) is -9.47. The highest BCUT2D eigenvalue weighted by Crippen LogP contribution is 2.42. The van der Waals surface area contributed by atoms with E-state index in [0.717, 1.165) is 10.6 Å². The van der Waals surface area contributed by atoms with Gasteiger partial charge in [-0.15, -0.1) is 0 Å². The topological polar surface area (TPSA) is 163 Å². The Morgan fingerprint density at radius 3 is 1.94 bits per heavy atom. The number of fused-ring (bicyclic) bond motifs is 2. The molecule has 0 amide bonds. The highest BCUT2D eigenvalue weighted by molar-refractivity contribution is 7.99. The van der Waals surface area contributed by atoms with Gasteiger partial charge in [0.2, 0.25) is 0 Å². The fraction of sp³-hybridized carbons (Fsp3) is 0.176. The minimum absolute atomic E-state index is 0.209. The molecule has 0 spiro atoms. The lowest BCUT2D eigenvalue weighted by Gasteiger charge is -2.20. The number of aromatic nitrogens is 1. The molecule has 15 heteroatoms. The third-order valence-electron chi connectivity index (χ3n) is 3.47. The second-order valence-electron chi connectivity index (χ2n) is 5.67. The van der Waals surface area contributed by atoms with Gasteiger partial charge in [-0.1, -0.05) is 30.0 Å². The second kappa shape index (κ2) is 10.1. The first-order valence-corrected chi connectivity index (χ1v) is 8.75. The fourth-order valence-corrected chi connectivity index (χ4v) is 3.13. The van der Waals surface area contributed by atoms with Crippen LogP contribution in [0.15, 0.2) is 34.2 Å². The van der Waals surface area contributed by atoms with Gasteiger partial charge >= 0.3 is 24.3 Å². The molecule has 8 nitrogen and oxygen atoms in total. The maximum Gasteiger partial charge on any atom is 0.490 e. The number of alkyl halides is 6. The standard InChI is InChI=1S/C13H10N4S.2C2HF3O2/c14-6-9-11(15)8-5-7-3-1-2-4-10(7)18-13(8)17-12(9)16;2*3-2(4,5)1(6)7/h1-4H,5H2,(H4,15,16,17);2*(H,6,7). The zero-order chi connectivity index (χ0) is 24.9. The summed E-state index contributed by atoms with van der Waals surface area (Å²) in [5.74, 6) is -5.30. The Bertz CT molecular complexity index is 1040. The van der Waals surface area contributed by atoms with Crippen molar-refractivity contribution in [2.45, 2.75) is 28.7 Å². The van der Waals surface area contributed by atoms with Gasteiger partial charge in [-0.2, -0.15) is 31.6 Å². The van der Waals surface area contributed by atoms with Crippen molar-refractivity contribution in [2.75, 3.05) is 11.5 Å². The monoisotopic (exact) mass is 482 g/mol. The number of nitrogen functional groups attached to an aromatic ring is 2. The average Bonchev–Trinajstić information content (AvgIpc) is 2.66. The summed E-state index contributed by atoms with van der Waals surface area (Å²) in [5, 5.41) is 24.1. The van der Waals surface area contributed by atoms with E-state index in [1.807, 2.05) is 18.2 Å². The van der Waals surface area contributed by atoms with Crippen molar-refractivity contribution in [2.24, 2.45) is 0 Å². The molecule has 172 valence electrons. The number of nitrogens with zero attached hydrogens (tertiary/aromatic N) is 2. The van der Waals surface area contributed by atoms with E-state index in [-0.39, 0.29) is 11.4 Å². The number of halogens is 6. The zero-order valence-electron chi connectivity index (χ0n) is 15.5. The number of benzene rings is 1. The van der Waals surface area contributed by atoms with Crippen molar-refractivity contribution in [3.63, 3.8) is 0 Å². The van der Waals surface area contributed by atoms with Gasteiger partial charge < -0.3 is 21.7 Å². The third kappa shape index (κ3) is 6.94. The van der Waals surface area contributed by atoms with Crippen LogP contribution in [0.5, 0.6) is 0 Å². The van der Waals surface area contributed by atoms with E-state index in [0.29, 0.717) is 12.1 Å². The summed E-state index contributed by atoms with van der Waals surface area (Å²) in [6, 6.07) is 10.1. The molecule has 0 radical (unpaired) electrons. The fourth-order valence-electron chi connectivity index (χ4n) is 2.05. The van der Waals surface area contributed by atoms with Crippen molar-refractivity contribution >= 4 is 35.2 Å². The Hall–Kier alpha value is -3.67. The van der Waals surface area contributed by atoms with Gasteiger partial charge in [-0.05, 0) is 11.6 Å². The number of hydrogen-bond acceptors (Lipinski definition) is 7. The average molecular weight is 482 g/mol. The lowest BCUT2D eigenvalue weighted by atomic mass is 10.0. The number of pyridine rings is 1. The van der Waals surface area contributed by atoms with Crippen LogP contribution in [0.25, 0.3) is 0 Å². The summed E-state index contributed by atoms with van der Waals surface area (Å²) in [6.45, 7) is 0. The molecule has 0 saturated heterocycles. The Labute approximate surface area is 179 Å². The van der Waals surface area contributed by atoms with Crippen molar-refractivity contribution in [3.8, 4) is 6.07 Å². The van der Waals surface area contributed by atoms with Gasteiger partial charge in [0.25, 0.3) is 0 Å². The number of rotatable bonds is 0. The number of carboxylic acids is 2. The van der Waals surface area contributed by atoms with Gasteiger partial charge in [0.15, 0.2) is 0 Å². The molecule has 3 rings (SSSR count). The molecule has 1 aromatic carbocycles. The number of hydrogen-bond donors (Lipinski definition) is 4. The number of carbonyl (C=O) groups is 2. The molecule has 0 unspecified atom stereocenters. The molecular formula is C17H12F6N4O4S. The molecule has 1 aliphatic heterocycles. The van der Waals surface area contributed by atoms with E-state index in [1.54, 1.807) is 11.8 Å². The van der Waals surface area contributed by atoms with Crippen LogP contribution < -0.4 is 11.5 Å². The van der Waals surface area contributed by atoms with Gasteiger partial charge in [0.05, 0.1) is 5.69 Å². The van der Waals surface area contributed by atoms with Gasteiger partial charge in [0.1, 0.15) is 22.5 Å². The van der Waals surface area contributed by atoms with Crippen molar-refractivity contribution in [1.29, 1.82) is 5.26 Å². The molecule has 0 fully saturated rings. The van der Waals surface area contributed by atoms with Crippen LogP contribution in [0.2, 0.25) is 0 Å². The molecule has 32 heavy (non-hydrogen) atoms. The first-order chi connectivity index (χ1) is 14.6. The third-order valence-corrected chi connectivity index (χ3v) is 4.62. The smallest absolute Gasteiger partial charge is 0.475 e. The van der Waals surface area contributed by atoms with E-state index in [2.05, 4.69) is 17.1 Å². The molecule has 2 aromatic rings. The lowest BCUT2D eigenvalue weighted by Crippen LogP contribution is -2.21. The molecule has 0 bridgehead atoms. The van der Waals surface area contributed by atoms with Crippen LogP contribution in [0.3, 0.4) is 0 Å². The molecule has 1 aromatic heterocycles. The van der Waals surface area contributed by atoms with Gasteiger partial charge in [-0.25, -0.2) is 14.6 Å². The van der Waals surface area contributed by atoms with Crippen molar-refractivity contribution < 1.29 is 46.1 Å². The molecule has 6 N–H and O–H groups in total. The van der Waals surface area contributed by atoms with Crippen LogP contribution in [-0.4, -0.2) is 39.5 Å². The van der Waals surface area contributed by atoms with Crippen LogP contribution in [0, 0.1) is 11.3 Å². The number of aliphatic carboxylic acids is 2. The maximum atomic E-state index is 10.6. The van der Waals surface area contributed by atoms with Crippen LogP contribution in [0.4, 0.5) is 37.8 Å². The van der Waals surface area contributed by atoms with Crippen molar-refractivity contribution in [1.82, 2.24) is 4.98 Å². The van der Waals surface area contributed by atoms with Gasteiger partial charge in [0, 0.05) is 16.9 Å². The Balaban J connectivity index is 0.000000305. The van der Waals surface area contributed by atoms with Crippen LogP contribution in [-0.2, 0) is 16.0 Å². The summed E-state index contributed by atoms with van der Waals surface area (Å²) >= 11 is 1.55. The molecule has 0 saturated carbocycles. The van der Waals surface area contributed by atoms with E-state index in [4.69, 9.17) is 36.5 Å². The Kier molecular flexibility index (Phi) is 8.31. The molecule has 0 aliphatic carbocycles. The van der Waals surface area contributed by atoms with Crippen LogP contribution in [0.1, 0.15) is 16.7 Å². The number of carboxylic acid groups (broad SMARTS) is 2. The normalized spacial score (nSPS) is 11.9. The molecule has 2 heterocycles. The summed E-state index contributed by atoms with van der Waals surface area (Å²) in [5.41, 5.74) is 14.6. The SMILES string of the molecule is N#Cc1c(N)nc2c(c1N)Cc1ccccc1S2.O=C(O)C(F)(F)F.O=C(O)C(F)(F)F. The van der Waals surface area contributed by atoms with Crippen LogP contribution >= 0.6 is 11.8 Å². The number of nitrogens with two attached hydrogens (primary N) is 2. The highest BCUT2D eigenvalue weighted by atomic mass is 32.2. The zero-order valence-corrected chi connectivity index (χ0v) is 16.3. The summed E-state index contributed by atoms with van der Waals surface area (Å²) in [4.78, 5) is 23.2. The summed E-state index contributed by atoms with van der Waals surface area (Å²) < 4.78 is 63.5. The van der Waals surface area contributed by atoms with Crippen molar-refractivity contribution in [3.05, 3.63) is 41.0 Å². The Morgan fingerprint density at radius 2 is 1.50 bits per heavy atom. The van der Waals surface area contributed by atoms with E-state index in [9.17, 15) is 26.3 Å². The number of nitriles is 1. The minimum atomic E-state index is -5.08. The summed E-state index contributed by atoms with van der Waals surface area (Å²) in [7, 11) is 0. The minimum Gasteiger partial charge on any atom is -0.475 e. The largest absolute Gasteiger partial charge is 0.490 e. The van der Waals surface area contributed by atoms with Gasteiger partial charge in [-0.3, -0.25) is 0 Å². The highest BCUT2D eigenvalue weighted by Gasteiger charge is 2.38. The second-order valence-corrected chi connectivity index (χ2v) is 6.70. The molecule has 0 atom stereocenters. The quantitative estimate of drug-likeness (QED) is 0.352. The number of anilines is 2. The molecular weight excluding hydrogens is 470 g/mol. The predicted octanol–water partition coefficient (Wildman–Crippen LogP) is 3.44. The maximum absolute atomic E-state index is 10.6. The lowest BCUT2D eigenvalue weighted by molar-refractivity contribution is -0.193. The first kappa shape index (κ1) is 26.4. The predicted molar refractivity (Wildman–Crippen MR) is 98.5 cm³/mol. The van der Waals surface area contributed by atoms with E-state index < -0.39 is 24.3 Å². The van der Waals surface area contributed by atoms with E-state index >= 15 is 0 Å². The molecule has 1 aliphatic rings. The Morgan fingerprint density at radius 1 is 1.03 bits per heavy atom. The van der Waals surface area contributed by atoms with E-state index in [1.165, 1.54) is 10.5 Å². The first-order valence-electron chi connectivity index (χ1n) is 7.93.